The third kappa shape index (κ3) is 13.1. The minimum Gasteiger partial charge on any atom is -0.752 e. The zero-order valence-electron chi connectivity index (χ0n) is 21.4. The summed E-state index contributed by atoms with van der Waals surface area (Å²) in [5.41, 5.74) is 3.87. The fourth-order valence-electron chi connectivity index (χ4n) is 2.80. The topological polar surface area (TPSA) is 75.7 Å². The summed E-state index contributed by atoms with van der Waals surface area (Å²) in [4.78, 5) is 0. The molecule has 0 aliphatic heterocycles. The van der Waals surface area contributed by atoms with Crippen molar-refractivity contribution in [1.82, 2.24) is 0 Å². The van der Waals surface area contributed by atoms with Gasteiger partial charge in [-0.15, -0.1) is 23.5 Å². The van der Waals surface area contributed by atoms with Gasteiger partial charge >= 0.3 is 27.3 Å². The van der Waals surface area contributed by atoms with Crippen LogP contribution in [0.2, 0.25) is 0 Å². The van der Waals surface area contributed by atoms with Gasteiger partial charge in [-0.25, -0.2) is 0 Å². The van der Waals surface area contributed by atoms with Gasteiger partial charge in [0, 0.05) is 11.5 Å². The second-order valence-electron chi connectivity index (χ2n) is 7.61. The van der Waals surface area contributed by atoms with E-state index in [0.717, 1.165) is 11.5 Å². The number of hydrogen-bond donors (Lipinski definition) is 0. The average Bonchev–Trinajstić information content (AvgIpc) is 3.69. The van der Waals surface area contributed by atoms with Gasteiger partial charge in [0.15, 0.2) is 0 Å². The molecule has 0 saturated carbocycles. The van der Waals surface area contributed by atoms with Crippen LogP contribution in [-0.4, -0.2) is 47.5 Å². The molecule has 0 fully saturated rings. The molecule has 0 unspecified atom stereocenters. The van der Waals surface area contributed by atoms with E-state index >= 15 is 0 Å². The van der Waals surface area contributed by atoms with Crippen molar-refractivity contribution in [1.29, 1.82) is 0 Å². The van der Waals surface area contributed by atoms with E-state index in [4.69, 9.17) is 34.1 Å². The van der Waals surface area contributed by atoms with Crippen LogP contribution in [0.1, 0.15) is 36.5 Å². The summed E-state index contributed by atoms with van der Waals surface area (Å²) in [7, 11) is 0. The molecule has 2 heterocycles. The van der Waals surface area contributed by atoms with Gasteiger partial charge in [0.05, 0.1) is 12.5 Å². The molecule has 0 bridgehead atoms. The molecule has 0 saturated heterocycles. The maximum atomic E-state index is 5.22. The van der Waals surface area contributed by atoms with Crippen LogP contribution in [0.25, 0.3) is 0 Å². The van der Waals surface area contributed by atoms with E-state index in [1.807, 2.05) is 74.5 Å². The van der Waals surface area contributed by atoms with E-state index in [9.17, 15) is 0 Å². The van der Waals surface area contributed by atoms with Crippen LogP contribution >= 0.6 is 23.5 Å². The smallest absolute Gasteiger partial charge is 0.752 e. The van der Waals surface area contributed by atoms with Crippen LogP contribution < -0.4 is 0 Å². The molecule has 2 radical (unpaired) electrons. The first-order chi connectivity index (χ1) is 18.5. The molecule has 39 heavy (non-hydrogen) atoms. The summed E-state index contributed by atoms with van der Waals surface area (Å²) < 4.78 is 11.5. The largest absolute Gasteiger partial charge is 2.00 e. The van der Waals surface area contributed by atoms with Crippen molar-refractivity contribution in [2.45, 2.75) is 25.4 Å². The Morgan fingerprint density at radius 2 is 0.974 bits per heavy atom. The summed E-state index contributed by atoms with van der Waals surface area (Å²) >= 11 is 13.3. The van der Waals surface area contributed by atoms with Crippen molar-refractivity contribution in [3.63, 3.8) is 0 Å². The summed E-state index contributed by atoms with van der Waals surface area (Å²) in [6, 6.07) is 27.6. The average molecular weight is 786 g/mol. The van der Waals surface area contributed by atoms with Crippen molar-refractivity contribution in [2.75, 3.05) is 0 Å². The Labute approximate surface area is 268 Å². The summed E-state index contributed by atoms with van der Waals surface area (Å²) in [6.45, 7) is 3.68. The molecule has 6 nitrogen and oxygen atoms in total. The second kappa shape index (κ2) is 18.9. The van der Waals surface area contributed by atoms with Crippen LogP contribution in [0, 0.1) is 0 Å². The van der Waals surface area contributed by atoms with Gasteiger partial charge in [-0.1, -0.05) is 60.7 Å². The van der Waals surface area contributed by atoms with Gasteiger partial charge < -0.3 is 34.1 Å². The van der Waals surface area contributed by atoms with Crippen molar-refractivity contribution < 1.29 is 8.83 Å². The Morgan fingerprint density at radius 1 is 0.590 bits per heavy atom. The standard InChI is InChI=1S/2C14H14N2OS2.Pb/c2*1-11(13-8-5-9-17-13)15-16-14(18)19-10-12-6-3-2-4-7-12;/h2*2-9H,10H2,1H3,(H,16,18);/q;;+2/p-2/b2*15-11+;. The summed E-state index contributed by atoms with van der Waals surface area (Å²) in [5.74, 6) is 3.02. The van der Waals surface area contributed by atoms with Gasteiger partial charge in [-0.2, -0.15) is 20.4 Å². The van der Waals surface area contributed by atoms with E-state index in [0.29, 0.717) is 31.7 Å². The van der Waals surface area contributed by atoms with E-state index in [1.165, 1.54) is 34.7 Å². The third-order valence-corrected chi connectivity index (χ3v) is 7.21. The van der Waals surface area contributed by atoms with E-state index in [1.54, 1.807) is 12.5 Å². The molecule has 11 heteroatoms. The molecule has 4 rings (SSSR count). The monoisotopic (exact) mass is 786 g/mol. The molecule has 198 valence electrons. The third-order valence-electron chi connectivity index (χ3n) is 4.73. The first kappa shape index (κ1) is 33.0. The Bertz CT molecular complexity index is 1240. The van der Waals surface area contributed by atoms with E-state index in [-0.39, 0.29) is 27.3 Å². The number of furan rings is 2. The van der Waals surface area contributed by atoms with Gasteiger partial charge in [-0.3, -0.25) is 0 Å². The molecule has 0 atom stereocenters. The predicted molar refractivity (Wildman–Crippen MR) is 173 cm³/mol. The number of hydrogen-bond acceptors (Lipinski definition) is 10. The molecule has 0 aliphatic carbocycles. The fraction of sp³-hybridized carbons (Fsp3) is 0.143. The molecule has 2 aromatic heterocycles. The molecule has 0 spiro atoms. The Hall–Kier alpha value is -2.26. The first-order valence-electron chi connectivity index (χ1n) is 11.5. The van der Waals surface area contributed by atoms with Crippen LogP contribution in [0.5, 0.6) is 0 Å². The van der Waals surface area contributed by atoms with Crippen molar-refractivity contribution in [2.24, 2.45) is 20.4 Å². The minimum atomic E-state index is 0. The molecular weight excluding hydrogens is 760 g/mol. The molecule has 0 N–H and O–H groups in total. The predicted octanol–water partition coefficient (Wildman–Crippen LogP) is 7.30. The Balaban J connectivity index is 0.000000267. The SMILES string of the molecule is C/C(=N\N=C(/[S-])SCc1ccccc1)c1ccco1.C/C(=N\N=C(/[S-])SCc1ccccc1)c1ccco1.[Pb+2]. The Morgan fingerprint density at radius 3 is 1.31 bits per heavy atom. The fourth-order valence-corrected chi connectivity index (χ4v) is 4.39. The normalized spacial score (nSPS) is 12.4. The van der Waals surface area contributed by atoms with E-state index in [2.05, 4.69) is 44.7 Å². The van der Waals surface area contributed by atoms with Crippen LogP contribution in [0.15, 0.2) is 127 Å². The molecule has 0 aliphatic rings. The first-order valence-corrected chi connectivity index (χ1v) is 14.3. The second-order valence-corrected chi connectivity index (χ2v) is 10.8. The maximum absolute atomic E-state index is 5.22. The molecule has 0 amide bonds. The van der Waals surface area contributed by atoms with Crippen molar-refractivity contribution in [3.05, 3.63) is 120 Å². The molecule has 4 aromatic rings. The maximum Gasteiger partial charge on any atom is 2.00 e. The zero-order valence-corrected chi connectivity index (χ0v) is 28.5. The van der Waals surface area contributed by atoms with Crippen LogP contribution in [0.4, 0.5) is 0 Å². The van der Waals surface area contributed by atoms with Gasteiger partial charge in [0.1, 0.15) is 22.9 Å². The zero-order chi connectivity index (χ0) is 27.0. The summed E-state index contributed by atoms with van der Waals surface area (Å²) in [5, 5.41) is 16.2. The van der Waals surface area contributed by atoms with Crippen LogP contribution in [-0.2, 0) is 36.8 Å². The van der Waals surface area contributed by atoms with Crippen LogP contribution in [0.3, 0.4) is 0 Å². The Kier molecular flexibility index (Phi) is 16.0. The van der Waals surface area contributed by atoms with Gasteiger partial charge in [-0.05, 0) is 58.0 Å². The minimum absolute atomic E-state index is 0. The molecule has 2 aromatic carbocycles. The molecular formula is C28H26N4O2PbS4. The van der Waals surface area contributed by atoms with E-state index < -0.39 is 0 Å². The number of benzene rings is 2. The van der Waals surface area contributed by atoms with Gasteiger partial charge in [0.2, 0.25) is 0 Å². The number of nitrogens with zero attached hydrogens (tertiary/aromatic N) is 4. The summed E-state index contributed by atoms with van der Waals surface area (Å²) in [6.07, 6.45) is 3.22. The quantitative estimate of drug-likeness (QED) is 0.0614. The van der Waals surface area contributed by atoms with Gasteiger partial charge in [0.25, 0.3) is 0 Å². The number of thioether (sulfide) groups is 2. The van der Waals surface area contributed by atoms with Crippen molar-refractivity contribution in [3.8, 4) is 0 Å². The number of rotatable bonds is 8. The van der Waals surface area contributed by atoms with Crippen molar-refractivity contribution >= 4 is 96.3 Å².